The summed E-state index contributed by atoms with van der Waals surface area (Å²) >= 11 is 12.1. The number of carbonyl (C=O) groups excluding carboxylic acids is 1. The highest BCUT2D eigenvalue weighted by molar-refractivity contribution is 6.42. The number of nitrogens with one attached hydrogen (secondary N) is 1. The van der Waals surface area contributed by atoms with Crippen molar-refractivity contribution in [1.29, 1.82) is 0 Å². The molecule has 31 heavy (non-hydrogen) atoms. The zero-order valence-corrected chi connectivity index (χ0v) is 18.0. The Hall–Kier alpha value is -3.29. The maximum Gasteiger partial charge on any atom is 0.350 e. The second-order valence-corrected chi connectivity index (χ2v) is 7.66. The first-order chi connectivity index (χ1) is 14.9. The quantitative estimate of drug-likeness (QED) is 0.470. The van der Waals surface area contributed by atoms with Crippen molar-refractivity contribution in [2.24, 2.45) is 0 Å². The Morgan fingerprint density at radius 2 is 1.94 bits per heavy atom. The summed E-state index contributed by atoms with van der Waals surface area (Å²) in [6, 6.07) is 17.5. The molecule has 158 valence electrons. The predicted molar refractivity (Wildman–Crippen MR) is 120 cm³/mol. The number of amides is 1. The van der Waals surface area contributed by atoms with Crippen LogP contribution in [-0.4, -0.2) is 26.2 Å². The first-order valence-corrected chi connectivity index (χ1v) is 10.2. The highest BCUT2D eigenvalue weighted by Gasteiger charge is 2.17. The van der Waals surface area contributed by atoms with Crippen LogP contribution in [0.25, 0.3) is 5.65 Å². The third kappa shape index (κ3) is 4.57. The van der Waals surface area contributed by atoms with E-state index in [-0.39, 0.29) is 23.2 Å². The van der Waals surface area contributed by atoms with Crippen LogP contribution in [0.3, 0.4) is 0 Å². The van der Waals surface area contributed by atoms with E-state index >= 15 is 0 Å². The van der Waals surface area contributed by atoms with E-state index in [4.69, 9.17) is 27.9 Å². The normalized spacial score (nSPS) is 12.0. The van der Waals surface area contributed by atoms with E-state index in [9.17, 15) is 9.59 Å². The van der Waals surface area contributed by atoms with Crippen LogP contribution in [0.4, 0.5) is 5.69 Å². The Balaban J connectivity index is 1.46. The van der Waals surface area contributed by atoms with Crippen molar-refractivity contribution in [3.05, 3.63) is 93.0 Å². The largest absolute Gasteiger partial charge is 0.479 e. The summed E-state index contributed by atoms with van der Waals surface area (Å²) in [6.07, 6.45) is 0.867. The van der Waals surface area contributed by atoms with Crippen LogP contribution in [0.1, 0.15) is 12.5 Å². The molecule has 4 aromatic rings. The van der Waals surface area contributed by atoms with Gasteiger partial charge in [-0.3, -0.25) is 9.20 Å². The van der Waals surface area contributed by atoms with E-state index < -0.39 is 6.10 Å². The van der Waals surface area contributed by atoms with Gasteiger partial charge in [0.1, 0.15) is 10.8 Å². The number of hydrogen-bond acceptors (Lipinski definition) is 4. The van der Waals surface area contributed by atoms with Crippen LogP contribution in [0.5, 0.6) is 5.75 Å². The summed E-state index contributed by atoms with van der Waals surface area (Å²) < 4.78 is 8.50. The number of aromatic nitrogens is 3. The van der Waals surface area contributed by atoms with E-state index in [0.717, 1.165) is 5.56 Å². The van der Waals surface area contributed by atoms with E-state index in [1.807, 2.05) is 12.1 Å². The van der Waals surface area contributed by atoms with E-state index in [1.54, 1.807) is 61.7 Å². The summed E-state index contributed by atoms with van der Waals surface area (Å²) in [6.45, 7) is 1.89. The summed E-state index contributed by atoms with van der Waals surface area (Å²) in [5, 5.41) is 7.74. The fourth-order valence-corrected chi connectivity index (χ4v) is 3.39. The molecule has 0 bridgehead atoms. The number of nitrogens with zero attached hydrogens (tertiary/aromatic N) is 3. The van der Waals surface area contributed by atoms with Crippen molar-refractivity contribution in [1.82, 2.24) is 14.2 Å². The number of rotatable bonds is 6. The minimum absolute atomic E-state index is 0.231. The summed E-state index contributed by atoms with van der Waals surface area (Å²) in [7, 11) is 0. The van der Waals surface area contributed by atoms with Gasteiger partial charge in [0.15, 0.2) is 11.8 Å². The number of hydrogen-bond donors (Lipinski definition) is 1. The van der Waals surface area contributed by atoms with Crippen LogP contribution in [0, 0.1) is 0 Å². The molecular weight excluding hydrogens is 439 g/mol. The molecule has 0 saturated heterocycles. The molecule has 1 unspecified atom stereocenters. The van der Waals surface area contributed by atoms with Gasteiger partial charge < -0.3 is 10.1 Å². The van der Waals surface area contributed by atoms with Crippen LogP contribution < -0.4 is 15.7 Å². The van der Waals surface area contributed by atoms with E-state index in [0.29, 0.717) is 22.1 Å². The van der Waals surface area contributed by atoms with Gasteiger partial charge in [0, 0.05) is 11.9 Å². The van der Waals surface area contributed by atoms with Gasteiger partial charge >= 0.3 is 5.69 Å². The van der Waals surface area contributed by atoms with Gasteiger partial charge in [0.2, 0.25) is 0 Å². The van der Waals surface area contributed by atoms with Crippen molar-refractivity contribution in [3.8, 4) is 5.75 Å². The Bertz CT molecular complexity index is 1320. The summed E-state index contributed by atoms with van der Waals surface area (Å²) in [4.78, 5) is 25.0. The van der Waals surface area contributed by atoms with Gasteiger partial charge in [-0.05, 0) is 48.9 Å². The number of pyridine rings is 1. The molecule has 2 aromatic heterocycles. The maximum absolute atomic E-state index is 12.6. The number of ether oxygens (including phenoxy) is 1. The average molecular weight is 457 g/mol. The molecule has 0 fully saturated rings. The summed E-state index contributed by atoms with van der Waals surface area (Å²) in [5.74, 6) is -0.0186. The van der Waals surface area contributed by atoms with Gasteiger partial charge in [-0.15, -0.1) is 5.10 Å². The molecule has 4 rings (SSSR count). The Kier molecular flexibility index (Phi) is 5.97. The minimum Gasteiger partial charge on any atom is -0.479 e. The number of carbonyl (C=O) groups is 1. The fourth-order valence-electron chi connectivity index (χ4n) is 3.05. The smallest absolute Gasteiger partial charge is 0.350 e. The molecule has 7 nitrogen and oxygen atoms in total. The highest BCUT2D eigenvalue weighted by Crippen LogP contribution is 2.32. The second kappa shape index (κ2) is 8.83. The van der Waals surface area contributed by atoms with Gasteiger partial charge in [0.05, 0.1) is 11.6 Å². The van der Waals surface area contributed by atoms with Crippen molar-refractivity contribution < 1.29 is 9.53 Å². The molecule has 0 aliphatic heterocycles. The predicted octanol–water partition coefficient (Wildman–Crippen LogP) is 4.26. The lowest BCUT2D eigenvalue weighted by Crippen LogP contribution is -2.30. The monoisotopic (exact) mass is 456 g/mol. The lowest BCUT2D eigenvalue weighted by molar-refractivity contribution is -0.122. The highest BCUT2D eigenvalue weighted by atomic mass is 35.5. The van der Waals surface area contributed by atoms with Crippen LogP contribution in [-0.2, 0) is 11.3 Å². The molecule has 2 heterocycles. The van der Waals surface area contributed by atoms with Gasteiger partial charge in [-0.1, -0.05) is 47.5 Å². The number of benzene rings is 2. The zero-order valence-electron chi connectivity index (χ0n) is 16.5. The Morgan fingerprint density at radius 3 is 2.74 bits per heavy atom. The molecular formula is C22H18Cl2N4O3. The number of fused-ring (bicyclic) bond motifs is 1. The van der Waals surface area contributed by atoms with Crippen LogP contribution in [0.15, 0.2) is 71.7 Å². The summed E-state index contributed by atoms with van der Waals surface area (Å²) in [5.41, 5.74) is 1.73. The first-order valence-electron chi connectivity index (χ1n) is 9.47. The van der Waals surface area contributed by atoms with Gasteiger partial charge in [-0.25, -0.2) is 9.48 Å². The molecule has 0 spiro atoms. The van der Waals surface area contributed by atoms with Gasteiger partial charge in [0.25, 0.3) is 5.91 Å². The maximum atomic E-state index is 12.6. The number of anilines is 1. The van der Waals surface area contributed by atoms with Crippen molar-refractivity contribution >= 4 is 40.4 Å². The van der Waals surface area contributed by atoms with Crippen LogP contribution >= 0.6 is 23.2 Å². The molecule has 1 amide bonds. The molecule has 0 radical (unpaired) electrons. The third-order valence-electron chi connectivity index (χ3n) is 4.60. The minimum atomic E-state index is -0.805. The van der Waals surface area contributed by atoms with Crippen molar-refractivity contribution in [2.45, 2.75) is 19.6 Å². The molecule has 0 aliphatic carbocycles. The number of halogens is 2. The third-order valence-corrected chi connectivity index (χ3v) is 5.41. The second-order valence-electron chi connectivity index (χ2n) is 6.87. The Labute approximate surface area is 187 Å². The first kappa shape index (κ1) is 21.0. The van der Waals surface area contributed by atoms with Crippen molar-refractivity contribution in [2.75, 3.05) is 5.32 Å². The Morgan fingerprint density at radius 1 is 1.13 bits per heavy atom. The lowest BCUT2D eigenvalue weighted by Gasteiger charge is -2.16. The van der Waals surface area contributed by atoms with Crippen LogP contribution in [0.2, 0.25) is 10.0 Å². The fraction of sp³-hybridized carbons (Fsp3) is 0.136. The van der Waals surface area contributed by atoms with E-state index in [1.165, 1.54) is 9.08 Å². The SMILES string of the molecule is CC(Oc1cccc(Cl)c1Cl)C(=O)Nc1cccc(Cn2nc3ccccn3c2=O)c1. The lowest BCUT2D eigenvalue weighted by atomic mass is 10.2. The zero-order chi connectivity index (χ0) is 22.0. The molecule has 0 aliphatic rings. The molecule has 1 atom stereocenters. The molecule has 1 N–H and O–H groups in total. The van der Waals surface area contributed by atoms with Gasteiger partial charge in [-0.2, -0.15) is 0 Å². The van der Waals surface area contributed by atoms with Crippen molar-refractivity contribution in [3.63, 3.8) is 0 Å². The average Bonchev–Trinajstić information content (AvgIpc) is 3.07. The van der Waals surface area contributed by atoms with E-state index in [2.05, 4.69) is 10.4 Å². The molecule has 0 saturated carbocycles. The molecule has 9 heteroatoms. The molecule has 2 aromatic carbocycles. The standard InChI is InChI=1S/C22H18Cl2N4O3/c1-14(31-18-9-5-8-17(23)20(18)24)21(29)25-16-7-4-6-15(12-16)13-28-22(30)27-11-3-2-10-19(27)26-28/h2-12,14H,13H2,1H3,(H,25,29). The topological polar surface area (TPSA) is 77.6 Å².